The fraction of sp³-hybridized carbons (Fsp3) is 0.381. The summed E-state index contributed by atoms with van der Waals surface area (Å²) in [4.78, 5) is 10.9. The van der Waals surface area contributed by atoms with Crippen molar-refractivity contribution in [3.8, 4) is 0 Å². The van der Waals surface area contributed by atoms with Crippen LogP contribution in [0.3, 0.4) is 0 Å². The molecule has 1 nitrogen and oxygen atoms in total. The van der Waals surface area contributed by atoms with Gasteiger partial charge in [0.25, 0.3) is 0 Å². The molecular weight excluding hydrogens is 339 g/mol. The van der Waals surface area contributed by atoms with Crippen molar-refractivity contribution in [2.45, 2.75) is 40.0 Å². The van der Waals surface area contributed by atoms with Gasteiger partial charge in [-0.1, -0.05) is 62.0 Å². The number of rotatable bonds is 7. The Bertz CT molecular complexity index is 550. The number of carbonyl (C=O) groups excluding carboxylic acids is 1. The molecule has 132 valence electrons. The molecule has 0 heterocycles. The van der Waals surface area contributed by atoms with E-state index in [1.807, 2.05) is 30.3 Å². The highest BCUT2D eigenvalue weighted by atomic mass is 35.5. The van der Waals surface area contributed by atoms with E-state index in [4.69, 9.17) is 23.2 Å². The predicted molar refractivity (Wildman–Crippen MR) is 108 cm³/mol. The molecule has 2 aromatic rings. The highest BCUT2D eigenvalue weighted by Gasteiger charge is 1.98. The second-order valence-electron chi connectivity index (χ2n) is 5.32. The van der Waals surface area contributed by atoms with Crippen molar-refractivity contribution < 1.29 is 4.79 Å². The summed E-state index contributed by atoms with van der Waals surface area (Å²) in [5.74, 6) is 1.56. The lowest BCUT2D eigenvalue weighted by atomic mass is 10.1. The first-order valence-corrected chi connectivity index (χ1v) is 9.00. The van der Waals surface area contributed by atoms with Crippen LogP contribution in [-0.2, 0) is 12.8 Å². The topological polar surface area (TPSA) is 17.1 Å². The van der Waals surface area contributed by atoms with Gasteiger partial charge in [0.05, 0.1) is 0 Å². The van der Waals surface area contributed by atoms with Gasteiger partial charge in [0.2, 0.25) is 0 Å². The standard InChI is InChI=1S/C11H13ClO.C9H11Cl.CH4/c1-9(13)11-6-4-10(5-7-11)3-2-8-12;10-8-4-7-9-5-2-1-3-6-9;/h4-7H,2-3,8H2,1H3;1-3,5-6H,4,7-8H2;1H4. The number of halogens is 2. The number of hydrogen-bond donors (Lipinski definition) is 0. The summed E-state index contributed by atoms with van der Waals surface area (Å²) in [6.07, 6.45) is 4.15. The van der Waals surface area contributed by atoms with Crippen molar-refractivity contribution in [3.05, 3.63) is 71.3 Å². The van der Waals surface area contributed by atoms with Crippen LogP contribution in [0.2, 0.25) is 0 Å². The highest BCUT2D eigenvalue weighted by Crippen LogP contribution is 2.07. The van der Waals surface area contributed by atoms with Crippen LogP contribution in [0.1, 0.15) is 48.7 Å². The summed E-state index contributed by atoms with van der Waals surface area (Å²) >= 11 is 11.1. The lowest BCUT2D eigenvalue weighted by Crippen LogP contribution is -1.92. The van der Waals surface area contributed by atoms with Crippen molar-refractivity contribution in [1.82, 2.24) is 0 Å². The first-order chi connectivity index (χ1) is 11.2. The molecule has 0 atom stereocenters. The van der Waals surface area contributed by atoms with Crippen LogP contribution in [-0.4, -0.2) is 17.5 Å². The van der Waals surface area contributed by atoms with Crippen LogP contribution in [0, 0.1) is 0 Å². The van der Waals surface area contributed by atoms with Gasteiger partial charge in [-0.05, 0) is 43.7 Å². The fourth-order valence-electron chi connectivity index (χ4n) is 2.09. The maximum Gasteiger partial charge on any atom is 0.159 e. The minimum Gasteiger partial charge on any atom is -0.295 e. The van der Waals surface area contributed by atoms with Crippen LogP contribution >= 0.6 is 23.2 Å². The van der Waals surface area contributed by atoms with Crippen molar-refractivity contribution in [2.75, 3.05) is 11.8 Å². The van der Waals surface area contributed by atoms with Crippen molar-refractivity contribution >= 4 is 29.0 Å². The Balaban J connectivity index is 0.000000436. The zero-order chi connectivity index (χ0) is 16.9. The Morgan fingerprint density at radius 3 is 1.67 bits per heavy atom. The number of Topliss-reactive ketones (excluding diaryl/α,β-unsaturated/α-hetero) is 1. The molecule has 0 saturated heterocycles. The molecule has 0 N–H and O–H groups in total. The third kappa shape index (κ3) is 9.75. The summed E-state index contributed by atoms with van der Waals surface area (Å²) in [5.41, 5.74) is 3.39. The first kappa shape index (κ1) is 22.7. The lowest BCUT2D eigenvalue weighted by molar-refractivity contribution is 0.101. The second-order valence-corrected chi connectivity index (χ2v) is 6.08. The minimum absolute atomic E-state index is 0. The smallest absolute Gasteiger partial charge is 0.159 e. The van der Waals surface area contributed by atoms with Gasteiger partial charge in [0.1, 0.15) is 0 Å². The minimum atomic E-state index is 0. The molecular formula is C21H28Cl2O. The molecule has 0 radical (unpaired) electrons. The Morgan fingerprint density at radius 1 is 0.792 bits per heavy atom. The number of alkyl halides is 2. The highest BCUT2D eigenvalue weighted by molar-refractivity contribution is 6.18. The fourth-order valence-corrected chi connectivity index (χ4v) is 2.36. The van der Waals surface area contributed by atoms with E-state index in [0.29, 0.717) is 5.88 Å². The molecule has 0 spiro atoms. The van der Waals surface area contributed by atoms with Gasteiger partial charge in [0.15, 0.2) is 5.78 Å². The van der Waals surface area contributed by atoms with E-state index in [-0.39, 0.29) is 13.2 Å². The molecule has 24 heavy (non-hydrogen) atoms. The predicted octanol–water partition coefficient (Wildman–Crippen LogP) is 6.55. The zero-order valence-corrected chi connectivity index (χ0v) is 15.1. The molecule has 0 bridgehead atoms. The van der Waals surface area contributed by atoms with Crippen LogP contribution in [0.15, 0.2) is 54.6 Å². The molecule has 0 aliphatic rings. The largest absolute Gasteiger partial charge is 0.295 e. The summed E-state index contributed by atoms with van der Waals surface area (Å²) in [7, 11) is 0. The van der Waals surface area contributed by atoms with E-state index in [2.05, 4.69) is 24.3 Å². The zero-order valence-electron chi connectivity index (χ0n) is 13.6. The monoisotopic (exact) mass is 366 g/mol. The summed E-state index contributed by atoms with van der Waals surface area (Å²) < 4.78 is 0. The molecule has 0 aliphatic carbocycles. The Morgan fingerprint density at radius 2 is 1.25 bits per heavy atom. The van der Waals surface area contributed by atoms with Crippen LogP contribution in [0.4, 0.5) is 0 Å². The molecule has 2 rings (SSSR count). The van der Waals surface area contributed by atoms with Gasteiger partial charge in [-0.15, -0.1) is 23.2 Å². The quantitative estimate of drug-likeness (QED) is 0.400. The van der Waals surface area contributed by atoms with E-state index in [1.165, 1.54) is 11.1 Å². The molecule has 0 unspecified atom stereocenters. The molecule has 0 aliphatic heterocycles. The van der Waals surface area contributed by atoms with Gasteiger partial charge in [-0.25, -0.2) is 0 Å². The number of benzene rings is 2. The van der Waals surface area contributed by atoms with Crippen molar-refractivity contribution in [1.29, 1.82) is 0 Å². The van der Waals surface area contributed by atoms with Crippen molar-refractivity contribution in [3.63, 3.8) is 0 Å². The second kappa shape index (κ2) is 14.1. The average molecular weight is 367 g/mol. The Kier molecular flexibility index (Phi) is 13.3. The third-order valence-electron chi connectivity index (χ3n) is 3.40. The maximum atomic E-state index is 10.9. The molecule has 0 amide bonds. The summed E-state index contributed by atoms with van der Waals surface area (Å²) in [5, 5.41) is 0. The number of hydrogen-bond acceptors (Lipinski definition) is 1. The van der Waals surface area contributed by atoms with E-state index >= 15 is 0 Å². The van der Waals surface area contributed by atoms with Crippen LogP contribution < -0.4 is 0 Å². The van der Waals surface area contributed by atoms with Crippen molar-refractivity contribution in [2.24, 2.45) is 0 Å². The lowest BCUT2D eigenvalue weighted by Gasteiger charge is -2.00. The van der Waals surface area contributed by atoms with E-state index in [9.17, 15) is 4.79 Å². The Labute approximate surface area is 157 Å². The van der Waals surface area contributed by atoms with Crippen LogP contribution in [0.25, 0.3) is 0 Å². The molecule has 0 aromatic heterocycles. The van der Waals surface area contributed by atoms with Gasteiger partial charge < -0.3 is 0 Å². The summed E-state index contributed by atoms with van der Waals surface area (Å²) in [6.45, 7) is 1.58. The normalized spacial score (nSPS) is 9.46. The summed E-state index contributed by atoms with van der Waals surface area (Å²) in [6, 6.07) is 18.1. The van der Waals surface area contributed by atoms with E-state index in [0.717, 1.165) is 37.1 Å². The van der Waals surface area contributed by atoms with Gasteiger partial charge in [-0.3, -0.25) is 4.79 Å². The van der Waals surface area contributed by atoms with Gasteiger partial charge >= 0.3 is 0 Å². The maximum absolute atomic E-state index is 10.9. The van der Waals surface area contributed by atoms with E-state index in [1.54, 1.807) is 6.92 Å². The molecule has 0 saturated carbocycles. The Hall–Kier alpha value is -1.31. The number of carbonyl (C=O) groups is 1. The average Bonchev–Trinajstić information content (AvgIpc) is 2.60. The third-order valence-corrected chi connectivity index (χ3v) is 3.94. The first-order valence-electron chi connectivity index (χ1n) is 7.93. The molecule has 2 aromatic carbocycles. The number of aryl methyl sites for hydroxylation is 2. The van der Waals surface area contributed by atoms with Gasteiger partial charge in [0, 0.05) is 17.3 Å². The molecule has 3 heteroatoms. The molecule has 0 fully saturated rings. The van der Waals surface area contributed by atoms with Gasteiger partial charge in [-0.2, -0.15) is 0 Å². The number of ketones is 1. The SMILES string of the molecule is C.CC(=O)c1ccc(CCCCl)cc1.ClCCCc1ccccc1. The van der Waals surface area contributed by atoms with Crippen LogP contribution in [0.5, 0.6) is 0 Å². The van der Waals surface area contributed by atoms with E-state index < -0.39 is 0 Å².